The smallest absolute Gasteiger partial charge is 0.152 e. The van der Waals surface area contributed by atoms with Gasteiger partial charge in [-0.3, -0.25) is 0 Å². The quantitative estimate of drug-likeness (QED) is 0.632. The Kier molecular flexibility index (Phi) is 1.41. The van der Waals surface area contributed by atoms with E-state index in [1.54, 1.807) is 0 Å². The van der Waals surface area contributed by atoms with Gasteiger partial charge in [-0.05, 0) is 6.07 Å². The summed E-state index contributed by atoms with van der Waals surface area (Å²) in [6.45, 7) is 0. The van der Waals surface area contributed by atoms with Crippen molar-refractivity contribution in [3.8, 4) is 11.3 Å². The first-order valence-electron chi connectivity index (χ1n) is 4.29. The van der Waals surface area contributed by atoms with E-state index >= 15 is 0 Å². The van der Waals surface area contributed by atoms with Crippen molar-refractivity contribution in [3.63, 3.8) is 0 Å². The number of hydrogen-bond donors (Lipinski definition) is 1. The van der Waals surface area contributed by atoms with Gasteiger partial charge in [-0.2, -0.15) is 0 Å². The molecular weight excluding hydrogens is 178 g/mol. The average molecular weight is 185 g/mol. The number of nitrogens with zero attached hydrogens (tertiary/aromatic N) is 2. The maximum absolute atomic E-state index is 4.71. The largest absolute Gasteiger partial charge is 0.360 e. The molecule has 1 aromatic carbocycles. The molecule has 2 heterocycles. The van der Waals surface area contributed by atoms with E-state index in [1.807, 2.05) is 30.5 Å². The molecule has 4 heteroatoms. The first kappa shape index (κ1) is 7.32. The summed E-state index contributed by atoms with van der Waals surface area (Å²) in [5, 5.41) is 8.45. The third-order valence-corrected chi connectivity index (χ3v) is 2.23. The van der Waals surface area contributed by atoms with Crippen LogP contribution in [-0.2, 0) is 0 Å². The lowest BCUT2D eigenvalue weighted by Gasteiger charge is -1.90. The minimum absolute atomic E-state index is 0.752. The minimum atomic E-state index is 0.752. The molecule has 68 valence electrons. The molecule has 0 radical (unpaired) electrons. The van der Waals surface area contributed by atoms with Gasteiger partial charge in [-0.25, -0.2) is 0 Å². The van der Waals surface area contributed by atoms with Crippen LogP contribution >= 0.6 is 0 Å². The zero-order valence-electron chi connectivity index (χ0n) is 7.27. The normalized spacial score (nSPS) is 10.9. The first-order chi connectivity index (χ1) is 6.95. The molecule has 0 aliphatic rings. The predicted octanol–water partition coefficient (Wildman–Crippen LogP) is 2.22. The number of H-pyrrole nitrogens is 1. The Morgan fingerprint density at radius 2 is 2.14 bits per heavy atom. The topological polar surface area (TPSA) is 54.7 Å². The lowest BCUT2D eigenvalue weighted by molar-refractivity contribution is 0.393. The van der Waals surface area contributed by atoms with Gasteiger partial charge in [0.2, 0.25) is 0 Å². The summed E-state index contributed by atoms with van der Waals surface area (Å²) >= 11 is 0. The maximum atomic E-state index is 4.71. The number of aromatic nitrogens is 3. The molecule has 0 spiro atoms. The average Bonchev–Trinajstić information content (AvgIpc) is 2.85. The van der Waals surface area contributed by atoms with E-state index in [1.165, 1.54) is 6.26 Å². The second-order valence-electron chi connectivity index (χ2n) is 3.04. The van der Waals surface area contributed by atoms with Crippen LogP contribution in [0.15, 0.2) is 41.2 Å². The zero-order chi connectivity index (χ0) is 9.38. The number of aromatic amines is 1. The molecule has 0 aliphatic heterocycles. The molecule has 0 bridgehead atoms. The summed E-state index contributed by atoms with van der Waals surface area (Å²) in [7, 11) is 0. The van der Waals surface area contributed by atoms with Gasteiger partial charge in [0, 0.05) is 27.9 Å². The Labute approximate surface area is 79.5 Å². The van der Waals surface area contributed by atoms with Crippen LogP contribution in [0, 0.1) is 0 Å². The van der Waals surface area contributed by atoms with Crippen molar-refractivity contribution in [2.24, 2.45) is 0 Å². The van der Waals surface area contributed by atoms with Gasteiger partial charge in [0.25, 0.3) is 0 Å². The SMILES string of the molecule is c1ccc2c(-c3conn3)c[nH]c2c1. The maximum Gasteiger partial charge on any atom is 0.152 e. The molecule has 0 aliphatic carbocycles. The van der Waals surface area contributed by atoms with Gasteiger partial charge in [0.1, 0.15) is 5.69 Å². The highest BCUT2D eigenvalue weighted by Crippen LogP contribution is 2.26. The number of rotatable bonds is 1. The molecule has 3 rings (SSSR count). The fourth-order valence-corrected chi connectivity index (χ4v) is 1.57. The number of nitrogens with one attached hydrogen (secondary N) is 1. The molecule has 4 nitrogen and oxygen atoms in total. The van der Waals surface area contributed by atoms with Gasteiger partial charge in [-0.15, -0.1) is 5.10 Å². The van der Waals surface area contributed by atoms with E-state index in [-0.39, 0.29) is 0 Å². The molecule has 0 amide bonds. The van der Waals surface area contributed by atoms with Crippen molar-refractivity contribution < 1.29 is 4.52 Å². The Morgan fingerprint density at radius 3 is 3.00 bits per heavy atom. The highest BCUT2D eigenvalue weighted by atomic mass is 16.5. The van der Waals surface area contributed by atoms with Crippen LogP contribution in [0.25, 0.3) is 22.2 Å². The molecule has 2 aromatic heterocycles. The van der Waals surface area contributed by atoms with E-state index in [0.717, 1.165) is 22.2 Å². The number of hydrogen-bond acceptors (Lipinski definition) is 3. The molecule has 0 fully saturated rings. The second-order valence-corrected chi connectivity index (χ2v) is 3.04. The molecule has 3 aromatic rings. The highest BCUT2D eigenvalue weighted by Gasteiger charge is 2.07. The van der Waals surface area contributed by atoms with E-state index < -0.39 is 0 Å². The third kappa shape index (κ3) is 0.939. The van der Waals surface area contributed by atoms with Crippen LogP contribution in [0.4, 0.5) is 0 Å². The van der Waals surface area contributed by atoms with Gasteiger partial charge in [0.05, 0.1) is 0 Å². The monoisotopic (exact) mass is 185 g/mol. The Morgan fingerprint density at radius 1 is 1.21 bits per heavy atom. The van der Waals surface area contributed by atoms with E-state index in [4.69, 9.17) is 4.52 Å². The van der Waals surface area contributed by atoms with Gasteiger partial charge >= 0.3 is 0 Å². The summed E-state index contributed by atoms with van der Waals surface area (Å²) in [6, 6.07) is 8.04. The van der Waals surface area contributed by atoms with Crippen molar-refractivity contribution in [2.75, 3.05) is 0 Å². The molecule has 1 N–H and O–H groups in total. The number of fused-ring (bicyclic) bond motifs is 1. The van der Waals surface area contributed by atoms with Crippen LogP contribution in [0.3, 0.4) is 0 Å². The summed E-state index contributed by atoms with van der Waals surface area (Å²) in [6.07, 6.45) is 3.44. The van der Waals surface area contributed by atoms with Crippen molar-refractivity contribution in [1.82, 2.24) is 15.4 Å². The van der Waals surface area contributed by atoms with Crippen LogP contribution in [0.2, 0.25) is 0 Å². The van der Waals surface area contributed by atoms with E-state index in [9.17, 15) is 0 Å². The minimum Gasteiger partial charge on any atom is -0.360 e. The van der Waals surface area contributed by atoms with Gasteiger partial charge in [-0.1, -0.05) is 18.2 Å². The predicted molar refractivity (Wildman–Crippen MR) is 51.6 cm³/mol. The van der Waals surface area contributed by atoms with E-state index in [2.05, 4.69) is 15.4 Å². The zero-order valence-corrected chi connectivity index (χ0v) is 7.27. The van der Waals surface area contributed by atoms with Gasteiger partial charge < -0.3 is 9.51 Å². The summed E-state index contributed by atoms with van der Waals surface area (Å²) in [5.74, 6) is 0. The summed E-state index contributed by atoms with van der Waals surface area (Å²) in [4.78, 5) is 3.17. The lowest BCUT2D eigenvalue weighted by atomic mass is 10.1. The highest BCUT2D eigenvalue weighted by molar-refractivity contribution is 5.94. The third-order valence-electron chi connectivity index (χ3n) is 2.23. The van der Waals surface area contributed by atoms with Crippen molar-refractivity contribution in [2.45, 2.75) is 0 Å². The molecule has 0 saturated carbocycles. The molecular formula is C10H7N3O. The first-order valence-corrected chi connectivity index (χ1v) is 4.29. The summed E-state index contributed by atoms with van der Waals surface area (Å²) in [5.41, 5.74) is 2.86. The van der Waals surface area contributed by atoms with Crippen LogP contribution in [-0.4, -0.2) is 15.4 Å². The lowest BCUT2D eigenvalue weighted by Crippen LogP contribution is -1.74. The van der Waals surface area contributed by atoms with Crippen LogP contribution in [0.1, 0.15) is 0 Å². The Hall–Kier alpha value is -2.10. The summed E-state index contributed by atoms with van der Waals surface area (Å²) < 4.78 is 4.71. The number of benzene rings is 1. The standard InChI is InChI=1S/C10H7N3O/c1-2-4-9-7(3-1)8(5-11-9)10-6-14-13-12-10/h1-6,11H. The fourth-order valence-electron chi connectivity index (χ4n) is 1.57. The Bertz CT molecular complexity index is 554. The number of para-hydroxylation sites is 1. The second kappa shape index (κ2) is 2.70. The Balaban J connectivity index is 2.33. The van der Waals surface area contributed by atoms with Crippen LogP contribution in [0.5, 0.6) is 0 Å². The van der Waals surface area contributed by atoms with Gasteiger partial charge in [0.15, 0.2) is 6.26 Å². The van der Waals surface area contributed by atoms with E-state index in [0.29, 0.717) is 0 Å². The molecule has 14 heavy (non-hydrogen) atoms. The van der Waals surface area contributed by atoms with Crippen molar-refractivity contribution in [3.05, 3.63) is 36.7 Å². The molecule has 0 unspecified atom stereocenters. The van der Waals surface area contributed by atoms with Crippen LogP contribution < -0.4 is 0 Å². The molecule has 0 saturated heterocycles. The molecule has 0 atom stereocenters. The van der Waals surface area contributed by atoms with Crippen molar-refractivity contribution >= 4 is 10.9 Å². The fraction of sp³-hybridized carbons (Fsp3) is 0. The van der Waals surface area contributed by atoms with Crippen molar-refractivity contribution in [1.29, 1.82) is 0 Å².